The smallest absolute Gasteiger partial charge is 0.262 e. The summed E-state index contributed by atoms with van der Waals surface area (Å²) in [5, 5.41) is 4.18. The van der Waals surface area contributed by atoms with Crippen LogP contribution >= 0.6 is 23.1 Å². The lowest BCUT2D eigenvalue weighted by molar-refractivity contribution is -0.113. The number of hydrogen-bond acceptors (Lipinski definition) is 5. The molecule has 136 valence electrons. The van der Waals surface area contributed by atoms with E-state index < -0.39 is 0 Å². The van der Waals surface area contributed by atoms with Crippen LogP contribution in [0.5, 0.6) is 0 Å². The lowest BCUT2D eigenvalue weighted by atomic mass is 10.1. The minimum Gasteiger partial charge on any atom is -0.325 e. The zero-order valence-electron chi connectivity index (χ0n) is 15.3. The van der Waals surface area contributed by atoms with Crippen LogP contribution in [0.25, 0.3) is 10.2 Å². The highest BCUT2D eigenvalue weighted by Gasteiger charge is 2.16. The summed E-state index contributed by atoms with van der Waals surface area (Å²) in [7, 11) is 1.70. The first-order valence-electron chi connectivity index (χ1n) is 8.39. The monoisotopic (exact) mass is 387 g/mol. The number of benzene rings is 1. The largest absolute Gasteiger partial charge is 0.325 e. The summed E-state index contributed by atoms with van der Waals surface area (Å²) in [5.74, 6) is 0.0940. The lowest BCUT2D eigenvalue weighted by Crippen LogP contribution is -2.21. The Kier molecular flexibility index (Phi) is 5.48. The summed E-state index contributed by atoms with van der Waals surface area (Å²) >= 11 is 2.80. The number of hydrogen-bond donors (Lipinski definition) is 1. The Hall–Kier alpha value is -2.12. The molecule has 0 bridgehead atoms. The summed E-state index contributed by atoms with van der Waals surface area (Å²) < 4.78 is 1.53. The molecule has 0 spiro atoms. The van der Waals surface area contributed by atoms with Gasteiger partial charge in [-0.2, -0.15) is 0 Å². The third kappa shape index (κ3) is 3.54. The molecule has 3 aromatic rings. The maximum Gasteiger partial charge on any atom is 0.262 e. The van der Waals surface area contributed by atoms with Crippen molar-refractivity contribution in [1.29, 1.82) is 0 Å². The maximum absolute atomic E-state index is 12.6. The second kappa shape index (κ2) is 7.63. The number of rotatable bonds is 5. The number of nitrogens with zero attached hydrogens (tertiary/aromatic N) is 2. The van der Waals surface area contributed by atoms with Gasteiger partial charge in [-0.1, -0.05) is 36.9 Å². The van der Waals surface area contributed by atoms with Crippen LogP contribution < -0.4 is 10.9 Å². The molecule has 0 aliphatic carbocycles. The van der Waals surface area contributed by atoms with Gasteiger partial charge in [0, 0.05) is 17.6 Å². The van der Waals surface area contributed by atoms with Crippen molar-refractivity contribution in [3.8, 4) is 0 Å². The number of carbonyl (C=O) groups is 1. The van der Waals surface area contributed by atoms with Crippen molar-refractivity contribution in [2.75, 3.05) is 11.1 Å². The SMILES string of the molecule is CCc1ccccc1NC(=O)CSc1nc2sc(C)c(C)c2c(=O)n1C. The number of aryl methyl sites for hydroxylation is 3. The fourth-order valence-corrected chi connectivity index (χ4v) is 4.59. The normalized spacial score (nSPS) is 11.1. The summed E-state index contributed by atoms with van der Waals surface area (Å²) in [5.41, 5.74) is 2.87. The van der Waals surface area contributed by atoms with Crippen LogP contribution in [0.2, 0.25) is 0 Å². The van der Waals surface area contributed by atoms with Crippen LogP contribution in [0.15, 0.2) is 34.2 Å². The van der Waals surface area contributed by atoms with E-state index in [1.165, 1.54) is 27.7 Å². The molecule has 3 rings (SSSR count). The quantitative estimate of drug-likeness (QED) is 0.533. The summed E-state index contributed by atoms with van der Waals surface area (Å²) in [4.78, 5) is 31.4. The highest BCUT2D eigenvalue weighted by atomic mass is 32.2. The number of para-hydroxylation sites is 1. The van der Waals surface area contributed by atoms with Gasteiger partial charge in [0.2, 0.25) is 5.91 Å². The molecule has 0 fully saturated rings. The number of fused-ring (bicyclic) bond motifs is 1. The van der Waals surface area contributed by atoms with Gasteiger partial charge in [-0.15, -0.1) is 11.3 Å². The number of thioether (sulfide) groups is 1. The molecule has 7 heteroatoms. The Balaban J connectivity index is 1.78. The van der Waals surface area contributed by atoms with Crippen molar-refractivity contribution in [3.63, 3.8) is 0 Å². The first kappa shape index (κ1) is 18.7. The van der Waals surface area contributed by atoms with Crippen LogP contribution in [-0.2, 0) is 18.3 Å². The molecule has 0 radical (unpaired) electrons. The van der Waals surface area contributed by atoms with Crippen LogP contribution in [0.3, 0.4) is 0 Å². The average Bonchev–Trinajstić information content (AvgIpc) is 2.91. The first-order chi connectivity index (χ1) is 12.4. The summed E-state index contributed by atoms with van der Waals surface area (Å²) in [6.45, 7) is 5.99. The third-order valence-electron chi connectivity index (χ3n) is 4.37. The van der Waals surface area contributed by atoms with E-state index in [1.54, 1.807) is 7.05 Å². The number of nitrogens with one attached hydrogen (secondary N) is 1. The molecule has 5 nitrogen and oxygen atoms in total. The average molecular weight is 388 g/mol. The van der Waals surface area contributed by atoms with E-state index in [-0.39, 0.29) is 17.2 Å². The molecular formula is C19H21N3O2S2. The number of carbonyl (C=O) groups excluding carboxylic acids is 1. The van der Waals surface area contributed by atoms with Gasteiger partial charge in [0.15, 0.2) is 5.16 Å². The molecule has 0 saturated heterocycles. The standard InChI is InChI=1S/C19H21N3O2S2/c1-5-13-8-6-7-9-14(13)20-15(23)10-25-19-21-17-16(18(24)22(19)4)11(2)12(3)26-17/h6-9H,5,10H2,1-4H3,(H,20,23). The Morgan fingerprint density at radius 2 is 2.04 bits per heavy atom. The maximum atomic E-state index is 12.6. The zero-order valence-corrected chi connectivity index (χ0v) is 16.9. The Labute approximate surface area is 160 Å². The Morgan fingerprint density at radius 3 is 2.77 bits per heavy atom. The Bertz CT molecular complexity index is 1040. The third-order valence-corrected chi connectivity index (χ3v) is 6.51. The highest BCUT2D eigenvalue weighted by Crippen LogP contribution is 2.28. The van der Waals surface area contributed by atoms with E-state index in [2.05, 4.69) is 17.2 Å². The van der Waals surface area contributed by atoms with E-state index in [4.69, 9.17) is 0 Å². The van der Waals surface area contributed by atoms with Crippen molar-refractivity contribution in [3.05, 3.63) is 50.6 Å². The molecule has 26 heavy (non-hydrogen) atoms. The van der Waals surface area contributed by atoms with Crippen molar-refractivity contribution < 1.29 is 4.79 Å². The summed E-state index contributed by atoms with van der Waals surface area (Å²) in [6.07, 6.45) is 0.855. The zero-order chi connectivity index (χ0) is 18.8. The van der Waals surface area contributed by atoms with Gasteiger partial charge in [-0.25, -0.2) is 4.98 Å². The number of aromatic nitrogens is 2. The summed E-state index contributed by atoms with van der Waals surface area (Å²) in [6, 6.07) is 7.77. The minimum atomic E-state index is -0.108. The van der Waals surface area contributed by atoms with Crippen molar-refractivity contribution >= 4 is 44.9 Å². The molecule has 0 saturated carbocycles. The topological polar surface area (TPSA) is 64.0 Å². The van der Waals surface area contributed by atoms with Gasteiger partial charge < -0.3 is 5.32 Å². The first-order valence-corrected chi connectivity index (χ1v) is 10.2. The van der Waals surface area contributed by atoms with Crippen molar-refractivity contribution in [1.82, 2.24) is 9.55 Å². The van der Waals surface area contributed by atoms with Gasteiger partial charge in [-0.3, -0.25) is 14.2 Å². The number of amides is 1. The van der Waals surface area contributed by atoms with E-state index in [0.717, 1.165) is 32.9 Å². The van der Waals surface area contributed by atoms with E-state index in [0.29, 0.717) is 10.5 Å². The van der Waals surface area contributed by atoms with Gasteiger partial charge in [0.25, 0.3) is 5.56 Å². The van der Waals surface area contributed by atoms with Gasteiger partial charge in [-0.05, 0) is 37.5 Å². The predicted molar refractivity (Wildman–Crippen MR) is 110 cm³/mol. The van der Waals surface area contributed by atoms with Crippen LogP contribution in [0.4, 0.5) is 5.69 Å². The van der Waals surface area contributed by atoms with Crippen LogP contribution in [-0.4, -0.2) is 21.2 Å². The van der Waals surface area contributed by atoms with Gasteiger partial charge >= 0.3 is 0 Å². The molecule has 1 amide bonds. The van der Waals surface area contributed by atoms with Gasteiger partial charge in [0.1, 0.15) is 4.83 Å². The molecule has 2 aromatic heterocycles. The molecule has 2 heterocycles. The molecule has 0 atom stereocenters. The lowest BCUT2D eigenvalue weighted by Gasteiger charge is -2.10. The number of anilines is 1. The van der Waals surface area contributed by atoms with Crippen molar-refractivity contribution in [2.24, 2.45) is 7.05 Å². The van der Waals surface area contributed by atoms with E-state index in [9.17, 15) is 9.59 Å². The minimum absolute atomic E-state index is 0.0592. The molecule has 1 aromatic carbocycles. The van der Waals surface area contributed by atoms with Crippen LogP contribution in [0.1, 0.15) is 22.9 Å². The van der Waals surface area contributed by atoms with Gasteiger partial charge in [0.05, 0.1) is 11.1 Å². The van der Waals surface area contributed by atoms with Crippen molar-refractivity contribution in [2.45, 2.75) is 32.3 Å². The highest BCUT2D eigenvalue weighted by molar-refractivity contribution is 7.99. The predicted octanol–water partition coefficient (Wildman–Crippen LogP) is 3.91. The second-order valence-electron chi connectivity index (χ2n) is 6.07. The second-order valence-corrected chi connectivity index (χ2v) is 8.22. The molecule has 1 N–H and O–H groups in total. The molecular weight excluding hydrogens is 366 g/mol. The fraction of sp³-hybridized carbons (Fsp3) is 0.316. The number of thiophene rings is 1. The fourth-order valence-electron chi connectivity index (χ4n) is 2.75. The molecule has 0 unspecified atom stereocenters. The Morgan fingerprint density at radius 1 is 1.31 bits per heavy atom. The van der Waals surface area contributed by atoms with E-state index >= 15 is 0 Å². The van der Waals surface area contributed by atoms with E-state index in [1.807, 2.05) is 38.1 Å². The molecule has 0 aliphatic heterocycles. The van der Waals surface area contributed by atoms with Crippen LogP contribution in [0, 0.1) is 13.8 Å². The molecule has 0 aliphatic rings.